The van der Waals surface area contributed by atoms with Gasteiger partial charge in [0.15, 0.2) is 6.61 Å². The van der Waals surface area contributed by atoms with Crippen LogP contribution in [-0.2, 0) is 10.2 Å². The van der Waals surface area contributed by atoms with Gasteiger partial charge in [0.2, 0.25) is 0 Å². The van der Waals surface area contributed by atoms with Crippen LogP contribution in [0.15, 0.2) is 52.0 Å². The molecule has 0 fully saturated rings. The van der Waals surface area contributed by atoms with E-state index in [9.17, 15) is 9.59 Å². The molecule has 6 nitrogen and oxygen atoms in total. The highest BCUT2D eigenvalue weighted by atomic mass is 79.9. The van der Waals surface area contributed by atoms with Crippen LogP contribution in [0.3, 0.4) is 0 Å². The van der Waals surface area contributed by atoms with E-state index < -0.39 is 11.9 Å². The lowest BCUT2D eigenvalue weighted by molar-refractivity contribution is -0.123. The number of carbonyl (C=O) groups is 2. The van der Waals surface area contributed by atoms with Gasteiger partial charge in [-0.2, -0.15) is 5.10 Å². The molecular weight excluding hydrogens is 412 g/mol. The fourth-order valence-electron chi connectivity index (χ4n) is 2.15. The number of carboxylic acids is 1. The van der Waals surface area contributed by atoms with E-state index in [0.717, 1.165) is 10.0 Å². The zero-order chi connectivity index (χ0) is 20.0. The average molecular weight is 433 g/mol. The number of nitrogens with one attached hydrogen (secondary N) is 1. The normalized spacial score (nSPS) is 11.4. The molecule has 0 spiro atoms. The number of benzene rings is 2. The lowest BCUT2D eigenvalue weighted by Crippen LogP contribution is -2.24. The SMILES string of the molecule is CC(C)(C)c1ccc(OCC(=O)N/N=C/c2ccc(C(=O)O)cc2)c(Br)c1. The summed E-state index contributed by atoms with van der Waals surface area (Å²) < 4.78 is 6.30. The van der Waals surface area contributed by atoms with Gasteiger partial charge < -0.3 is 9.84 Å². The predicted octanol–water partition coefficient (Wildman–Crippen LogP) is 3.97. The second-order valence-electron chi connectivity index (χ2n) is 6.90. The van der Waals surface area contributed by atoms with Crippen LogP contribution in [0.5, 0.6) is 5.75 Å². The van der Waals surface area contributed by atoms with Gasteiger partial charge in [0.1, 0.15) is 5.75 Å². The van der Waals surface area contributed by atoms with Crippen molar-refractivity contribution in [3.05, 3.63) is 63.6 Å². The summed E-state index contributed by atoms with van der Waals surface area (Å²) in [6, 6.07) is 11.9. The number of amides is 1. The van der Waals surface area contributed by atoms with Gasteiger partial charge in [0.25, 0.3) is 5.91 Å². The van der Waals surface area contributed by atoms with Crippen molar-refractivity contribution < 1.29 is 19.4 Å². The first-order chi connectivity index (χ1) is 12.7. The lowest BCUT2D eigenvalue weighted by atomic mass is 9.87. The average Bonchev–Trinajstić information content (AvgIpc) is 2.60. The highest BCUT2D eigenvalue weighted by Gasteiger charge is 2.15. The Morgan fingerprint density at radius 1 is 1.19 bits per heavy atom. The number of aromatic carboxylic acids is 1. The Morgan fingerprint density at radius 2 is 1.85 bits per heavy atom. The van der Waals surface area contributed by atoms with Crippen molar-refractivity contribution in [1.29, 1.82) is 0 Å². The number of hydrogen-bond acceptors (Lipinski definition) is 4. The van der Waals surface area contributed by atoms with Gasteiger partial charge in [-0.3, -0.25) is 4.79 Å². The van der Waals surface area contributed by atoms with Gasteiger partial charge in [-0.05, 0) is 56.7 Å². The Labute approximate surface area is 166 Å². The first kappa shape index (κ1) is 20.6. The summed E-state index contributed by atoms with van der Waals surface area (Å²) in [5, 5.41) is 12.7. The van der Waals surface area contributed by atoms with Crippen LogP contribution in [0.4, 0.5) is 0 Å². The molecule has 0 heterocycles. The third kappa shape index (κ3) is 6.21. The Hall–Kier alpha value is -2.67. The molecule has 0 saturated heterocycles. The van der Waals surface area contributed by atoms with Crippen molar-refractivity contribution in [2.45, 2.75) is 26.2 Å². The molecule has 2 aromatic rings. The lowest BCUT2D eigenvalue weighted by Gasteiger charge is -2.20. The molecule has 2 aromatic carbocycles. The van der Waals surface area contributed by atoms with E-state index >= 15 is 0 Å². The number of carbonyl (C=O) groups excluding carboxylic acids is 1. The molecule has 142 valence electrons. The maximum absolute atomic E-state index is 11.8. The van der Waals surface area contributed by atoms with Crippen LogP contribution in [-0.4, -0.2) is 29.8 Å². The summed E-state index contributed by atoms with van der Waals surface area (Å²) >= 11 is 3.46. The van der Waals surface area contributed by atoms with Gasteiger partial charge in [-0.15, -0.1) is 0 Å². The zero-order valence-electron chi connectivity index (χ0n) is 15.3. The first-order valence-corrected chi connectivity index (χ1v) is 9.04. The highest BCUT2D eigenvalue weighted by Crippen LogP contribution is 2.31. The largest absolute Gasteiger partial charge is 0.483 e. The van der Waals surface area contributed by atoms with E-state index in [1.165, 1.54) is 18.3 Å². The Morgan fingerprint density at radius 3 is 2.41 bits per heavy atom. The minimum Gasteiger partial charge on any atom is -0.483 e. The molecule has 0 aliphatic heterocycles. The molecule has 0 atom stereocenters. The summed E-state index contributed by atoms with van der Waals surface area (Å²) in [5.41, 5.74) is 4.40. The van der Waals surface area contributed by atoms with Gasteiger partial charge in [-0.1, -0.05) is 39.0 Å². The van der Waals surface area contributed by atoms with Crippen LogP contribution < -0.4 is 10.2 Å². The summed E-state index contributed by atoms with van der Waals surface area (Å²) in [7, 11) is 0. The number of hydrogen-bond donors (Lipinski definition) is 2. The number of hydrazone groups is 1. The molecular formula is C20H21BrN2O4. The monoisotopic (exact) mass is 432 g/mol. The second kappa shape index (κ2) is 8.81. The molecule has 27 heavy (non-hydrogen) atoms. The molecule has 0 aliphatic carbocycles. The van der Waals surface area contributed by atoms with Crippen molar-refractivity contribution in [1.82, 2.24) is 5.43 Å². The number of nitrogens with zero attached hydrogens (tertiary/aromatic N) is 1. The van der Waals surface area contributed by atoms with Gasteiger partial charge >= 0.3 is 5.97 Å². The van der Waals surface area contributed by atoms with Crippen molar-refractivity contribution in [3.8, 4) is 5.75 Å². The van der Waals surface area contributed by atoms with Crippen LogP contribution in [0.2, 0.25) is 0 Å². The summed E-state index contributed by atoms with van der Waals surface area (Å²) in [6.07, 6.45) is 1.43. The van der Waals surface area contributed by atoms with Gasteiger partial charge in [-0.25, -0.2) is 10.2 Å². The smallest absolute Gasteiger partial charge is 0.335 e. The van der Waals surface area contributed by atoms with Crippen molar-refractivity contribution in [3.63, 3.8) is 0 Å². The summed E-state index contributed by atoms with van der Waals surface area (Å²) in [4.78, 5) is 22.6. The number of rotatable bonds is 6. The Balaban J connectivity index is 1.86. The molecule has 7 heteroatoms. The summed E-state index contributed by atoms with van der Waals surface area (Å²) in [6.45, 7) is 6.19. The third-order valence-corrected chi connectivity index (χ3v) is 4.34. The number of halogens is 1. The minimum atomic E-state index is -0.995. The van der Waals surface area contributed by atoms with Gasteiger partial charge in [0, 0.05) is 0 Å². The molecule has 0 aliphatic rings. The Kier molecular flexibility index (Phi) is 6.74. The minimum absolute atomic E-state index is 0.0236. The van der Waals surface area contributed by atoms with E-state index in [1.807, 2.05) is 18.2 Å². The maximum atomic E-state index is 11.8. The molecule has 1 amide bonds. The van der Waals surface area contributed by atoms with Gasteiger partial charge in [0.05, 0.1) is 16.3 Å². The number of ether oxygens (including phenoxy) is 1. The van der Waals surface area contributed by atoms with Crippen LogP contribution in [0, 0.1) is 0 Å². The number of carboxylic acid groups (broad SMARTS) is 1. The highest BCUT2D eigenvalue weighted by molar-refractivity contribution is 9.10. The van der Waals surface area contributed by atoms with Crippen LogP contribution >= 0.6 is 15.9 Å². The van der Waals surface area contributed by atoms with E-state index in [0.29, 0.717) is 11.3 Å². The third-order valence-electron chi connectivity index (χ3n) is 3.72. The predicted molar refractivity (Wildman–Crippen MR) is 107 cm³/mol. The molecule has 0 unspecified atom stereocenters. The zero-order valence-corrected chi connectivity index (χ0v) is 16.9. The molecule has 0 aromatic heterocycles. The fourth-order valence-corrected chi connectivity index (χ4v) is 2.64. The molecule has 2 rings (SSSR count). The van der Waals surface area contributed by atoms with E-state index in [2.05, 4.69) is 47.2 Å². The quantitative estimate of drug-likeness (QED) is 0.533. The van der Waals surface area contributed by atoms with Crippen molar-refractivity contribution in [2.24, 2.45) is 5.10 Å². The van der Waals surface area contributed by atoms with Crippen LogP contribution in [0.25, 0.3) is 0 Å². The molecule has 0 saturated carbocycles. The van der Waals surface area contributed by atoms with E-state index in [1.54, 1.807) is 12.1 Å². The standard InChI is InChI=1S/C20H21BrN2O4/c1-20(2,3)15-8-9-17(16(21)10-15)27-12-18(24)23-22-11-13-4-6-14(7-5-13)19(25)26/h4-11H,12H2,1-3H3,(H,23,24)(H,25,26)/b22-11+. The first-order valence-electron chi connectivity index (χ1n) is 8.25. The van der Waals surface area contributed by atoms with Crippen molar-refractivity contribution in [2.75, 3.05) is 6.61 Å². The van der Waals surface area contributed by atoms with E-state index in [4.69, 9.17) is 9.84 Å². The maximum Gasteiger partial charge on any atom is 0.335 e. The second-order valence-corrected chi connectivity index (χ2v) is 7.76. The molecule has 0 bridgehead atoms. The van der Waals surface area contributed by atoms with Crippen LogP contribution in [0.1, 0.15) is 42.3 Å². The molecule has 2 N–H and O–H groups in total. The Bertz CT molecular complexity index is 855. The van der Waals surface area contributed by atoms with Crippen molar-refractivity contribution >= 4 is 34.0 Å². The topological polar surface area (TPSA) is 88.0 Å². The molecule has 0 radical (unpaired) electrons. The summed E-state index contributed by atoms with van der Waals surface area (Å²) in [5.74, 6) is -0.822. The van der Waals surface area contributed by atoms with E-state index in [-0.39, 0.29) is 17.6 Å². The fraction of sp³-hybridized carbons (Fsp3) is 0.250.